The first-order valence-corrected chi connectivity index (χ1v) is 12.6. The highest BCUT2D eigenvalue weighted by Crippen LogP contribution is 2.49. The third-order valence-electron chi connectivity index (χ3n) is 7.42. The fourth-order valence-corrected chi connectivity index (χ4v) is 5.92. The average Bonchev–Trinajstić information content (AvgIpc) is 2.84. The van der Waals surface area contributed by atoms with E-state index in [1.165, 1.54) is 0 Å². The standard InChI is InChI=1S/C28H34N2O4/c1-4-33-23-15-19-12-14-30-26(22(19)16-24(23)34-5-2)25(20-10-6-7-11-21(20)27(30)31)28(32)29-13-8-9-18(3)17-29/h6-7,10-11,15-16,18,25-26H,4-5,8-9,12-14,17H2,1-3H3. The Kier molecular flexibility index (Phi) is 6.24. The summed E-state index contributed by atoms with van der Waals surface area (Å²) in [6, 6.07) is 11.4. The Morgan fingerprint density at radius 3 is 2.50 bits per heavy atom. The van der Waals surface area contributed by atoms with Gasteiger partial charge in [0, 0.05) is 25.2 Å². The number of ether oxygens (including phenoxy) is 2. The van der Waals surface area contributed by atoms with Crippen molar-refractivity contribution in [2.24, 2.45) is 5.92 Å². The first-order valence-electron chi connectivity index (χ1n) is 12.6. The lowest BCUT2D eigenvalue weighted by atomic mass is 9.75. The van der Waals surface area contributed by atoms with Crippen LogP contribution in [-0.2, 0) is 11.2 Å². The summed E-state index contributed by atoms with van der Waals surface area (Å²) in [5, 5.41) is 0. The molecule has 6 nitrogen and oxygen atoms in total. The molecule has 2 aromatic rings. The number of nitrogens with zero attached hydrogens (tertiary/aromatic N) is 2. The number of likely N-dealkylation sites (tertiary alicyclic amines) is 1. The van der Waals surface area contributed by atoms with Gasteiger partial charge in [0.2, 0.25) is 5.91 Å². The van der Waals surface area contributed by atoms with Gasteiger partial charge in [-0.3, -0.25) is 9.59 Å². The molecule has 34 heavy (non-hydrogen) atoms. The molecule has 3 heterocycles. The highest BCUT2D eigenvalue weighted by atomic mass is 16.5. The second-order valence-electron chi connectivity index (χ2n) is 9.65. The van der Waals surface area contributed by atoms with Crippen molar-refractivity contribution < 1.29 is 19.1 Å². The Labute approximate surface area is 201 Å². The summed E-state index contributed by atoms with van der Waals surface area (Å²) in [6.07, 6.45) is 2.91. The molecule has 0 bridgehead atoms. The van der Waals surface area contributed by atoms with Crippen LogP contribution in [0.4, 0.5) is 0 Å². The van der Waals surface area contributed by atoms with Crippen molar-refractivity contribution in [2.75, 3.05) is 32.8 Å². The van der Waals surface area contributed by atoms with E-state index >= 15 is 0 Å². The molecule has 3 aliphatic heterocycles. The Morgan fingerprint density at radius 1 is 1.03 bits per heavy atom. The van der Waals surface area contributed by atoms with E-state index < -0.39 is 5.92 Å². The molecule has 0 saturated carbocycles. The van der Waals surface area contributed by atoms with E-state index in [2.05, 4.69) is 13.0 Å². The molecule has 2 amide bonds. The first-order chi connectivity index (χ1) is 16.5. The van der Waals surface area contributed by atoms with Crippen LogP contribution in [0.1, 0.15) is 72.6 Å². The van der Waals surface area contributed by atoms with E-state index in [0.717, 1.165) is 54.8 Å². The minimum Gasteiger partial charge on any atom is -0.490 e. The smallest absolute Gasteiger partial charge is 0.254 e. The van der Waals surface area contributed by atoms with Crippen molar-refractivity contribution in [2.45, 2.75) is 52.0 Å². The lowest BCUT2D eigenvalue weighted by Crippen LogP contribution is -2.52. The molecular weight excluding hydrogens is 428 g/mol. The Hall–Kier alpha value is -3.02. The summed E-state index contributed by atoms with van der Waals surface area (Å²) in [5.41, 5.74) is 3.63. The molecular formula is C28H34N2O4. The summed E-state index contributed by atoms with van der Waals surface area (Å²) in [7, 11) is 0. The van der Waals surface area contributed by atoms with Crippen molar-refractivity contribution in [3.63, 3.8) is 0 Å². The van der Waals surface area contributed by atoms with Gasteiger partial charge in [0.25, 0.3) is 5.91 Å². The molecule has 180 valence electrons. The quantitative estimate of drug-likeness (QED) is 0.653. The van der Waals surface area contributed by atoms with E-state index in [1.54, 1.807) is 0 Å². The SMILES string of the molecule is CCOc1cc2c(cc1OCC)C1C(C(=O)N3CCCC(C)C3)c3ccccc3C(=O)N1CC2. The Bertz CT molecular complexity index is 1100. The van der Waals surface area contributed by atoms with Gasteiger partial charge in [-0.05, 0) is 73.9 Å². The van der Waals surface area contributed by atoms with Crippen LogP contribution in [0.3, 0.4) is 0 Å². The number of carbonyl (C=O) groups excluding carboxylic acids is 2. The topological polar surface area (TPSA) is 59.1 Å². The number of piperidine rings is 1. The minimum atomic E-state index is -0.425. The number of hydrogen-bond donors (Lipinski definition) is 0. The largest absolute Gasteiger partial charge is 0.490 e. The van der Waals surface area contributed by atoms with Crippen molar-refractivity contribution in [3.05, 3.63) is 58.7 Å². The van der Waals surface area contributed by atoms with E-state index in [0.29, 0.717) is 37.0 Å². The maximum Gasteiger partial charge on any atom is 0.254 e. The van der Waals surface area contributed by atoms with Gasteiger partial charge in [0.15, 0.2) is 11.5 Å². The molecule has 3 atom stereocenters. The van der Waals surface area contributed by atoms with Crippen LogP contribution in [0, 0.1) is 5.92 Å². The molecule has 0 aliphatic carbocycles. The van der Waals surface area contributed by atoms with Crippen LogP contribution in [0.15, 0.2) is 36.4 Å². The summed E-state index contributed by atoms with van der Waals surface area (Å²) in [5.74, 6) is 1.60. The van der Waals surface area contributed by atoms with Gasteiger partial charge >= 0.3 is 0 Å². The van der Waals surface area contributed by atoms with Gasteiger partial charge < -0.3 is 19.3 Å². The van der Waals surface area contributed by atoms with Crippen molar-refractivity contribution in [1.82, 2.24) is 9.80 Å². The van der Waals surface area contributed by atoms with Gasteiger partial charge in [-0.25, -0.2) is 0 Å². The molecule has 3 aliphatic rings. The van der Waals surface area contributed by atoms with Crippen molar-refractivity contribution in [1.29, 1.82) is 0 Å². The lowest BCUT2D eigenvalue weighted by Gasteiger charge is -2.47. The molecule has 2 aromatic carbocycles. The van der Waals surface area contributed by atoms with Crippen LogP contribution in [0.25, 0.3) is 0 Å². The zero-order chi connectivity index (χ0) is 23.8. The molecule has 0 N–H and O–H groups in total. The summed E-state index contributed by atoms with van der Waals surface area (Å²) in [6.45, 7) is 9.33. The fourth-order valence-electron chi connectivity index (χ4n) is 5.92. The monoisotopic (exact) mass is 462 g/mol. The summed E-state index contributed by atoms with van der Waals surface area (Å²) in [4.78, 5) is 31.7. The Balaban J connectivity index is 1.65. The predicted octanol–water partition coefficient (Wildman–Crippen LogP) is 4.58. The second-order valence-corrected chi connectivity index (χ2v) is 9.65. The number of rotatable bonds is 5. The minimum absolute atomic E-state index is 0.00848. The first kappa shape index (κ1) is 22.8. The summed E-state index contributed by atoms with van der Waals surface area (Å²) < 4.78 is 11.8. The predicted molar refractivity (Wildman–Crippen MR) is 130 cm³/mol. The van der Waals surface area contributed by atoms with Crippen molar-refractivity contribution in [3.8, 4) is 11.5 Å². The van der Waals surface area contributed by atoms with Crippen LogP contribution >= 0.6 is 0 Å². The third kappa shape index (κ3) is 3.83. The number of amides is 2. The zero-order valence-corrected chi connectivity index (χ0v) is 20.4. The molecule has 1 saturated heterocycles. The van der Waals surface area contributed by atoms with Crippen LogP contribution in [0.2, 0.25) is 0 Å². The van der Waals surface area contributed by atoms with Crippen LogP contribution < -0.4 is 9.47 Å². The number of carbonyl (C=O) groups is 2. The van der Waals surface area contributed by atoms with E-state index in [9.17, 15) is 9.59 Å². The van der Waals surface area contributed by atoms with E-state index in [1.807, 2.05) is 54.0 Å². The zero-order valence-electron chi connectivity index (χ0n) is 20.4. The van der Waals surface area contributed by atoms with Crippen LogP contribution in [0.5, 0.6) is 11.5 Å². The highest BCUT2D eigenvalue weighted by molar-refractivity contribution is 6.01. The van der Waals surface area contributed by atoms with Gasteiger partial charge in [0.05, 0.1) is 25.2 Å². The van der Waals surface area contributed by atoms with Crippen molar-refractivity contribution >= 4 is 11.8 Å². The fraction of sp³-hybridized carbons (Fsp3) is 0.500. The highest BCUT2D eigenvalue weighted by Gasteiger charge is 2.48. The number of fused-ring (bicyclic) bond motifs is 4. The van der Waals surface area contributed by atoms with Gasteiger partial charge in [-0.2, -0.15) is 0 Å². The Morgan fingerprint density at radius 2 is 1.76 bits per heavy atom. The number of hydrogen-bond acceptors (Lipinski definition) is 4. The van der Waals surface area contributed by atoms with E-state index in [4.69, 9.17) is 9.47 Å². The summed E-state index contributed by atoms with van der Waals surface area (Å²) >= 11 is 0. The van der Waals surface area contributed by atoms with Gasteiger partial charge in [0.1, 0.15) is 0 Å². The molecule has 0 spiro atoms. The lowest BCUT2D eigenvalue weighted by molar-refractivity contribution is -0.136. The second kappa shape index (κ2) is 9.32. The maximum atomic E-state index is 14.1. The van der Waals surface area contributed by atoms with Gasteiger partial charge in [-0.15, -0.1) is 0 Å². The molecule has 0 radical (unpaired) electrons. The molecule has 5 rings (SSSR count). The number of benzene rings is 2. The van der Waals surface area contributed by atoms with Crippen LogP contribution in [-0.4, -0.2) is 54.5 Å². The average molecular weight is 463 g/mol. The van der Waals surface area contributed by atoms with Gasteiger partial charge in [-0.1, -0.05) is 25.1 Å². The van der Waals surface area contributed by atoms with E-state index in [-0.39, 0.29) is 17.9 Å². The molecule has 0 aromatic heterocycles. The third-order valence-corrected chi connectivity index (χ3v) is 7.42. The maximum absolute atomic E-state index is 14.1. The molecule has 1 fully saturated rings. The molecule has 6 heteroatoms. The molecule has 3 unspecified atom stereocenters. The normalized spacial score (nSPS) is 23.6.